The molecule has 2 amide bonds. The van der Waals surface area contributed by atoms with Gasteiger partial charge in [0.2, 0.25) is 0 Å². The van der Waals surface area contributed by atoms with Crippen LogP contribution in [-0.4, -0.2) is 30.4 Å². The number of benzene rings is 3. The molecule has 2 N–H and O–H groups in total. The molecule has 0 bridgehead atoms. The van der Waals surface area contributed by atoms with E-state index in [1.54, 1.807) is 24.3 Å². The summed E-state index contributed by atoms with van der Waals surface area (Å²) < 4.78 is 5.17. The van der Waals surface area contributed by atoms with Crippen molar-refractivity contribution in [1.82, 2.24) is 5.32 Å². The molecule has 0 aliphatic carbocycles. The van der Waals surface area contributed by atoms with Crippen LogP contribution in [0.1, 0.15) is 22.8 Å². The number of aryl methyl sites for hydroxylation is 1. The number of hydrogen-bond donors (Lipinski definition) is 2. The van der Waals surface area contributed by atoms with Gasteiger partial charge in [0.15, 0.2) is 6.10 Å². The number of rotatable bonds is 7. The Balaban J connectivity index is 1.55. The van der Waals surface area contributed by atoms with Crippen LogP contribution in [0, 0.1) is 6.92 Å². The Labute approximate surface area is 181 Å². The van der Waals surface area contributed by atoms with Gasteiger partial charge >= 0.3 is 5.97 Å². The van der Waals surface area contributed by atoms with E-state index < -0.39 is 18.0 Å². The number of amides is 2. The van der Waals surface area contributed by atoms with Crippen molar-refractivity contribution in [3.8, 4) is 11.1 Å². The van der Waals surface area contributed by atoms with Crippen molar-refractivity contribution in [2.45, 2.75) is 20.0 Å². The Hall–Kier alpha value is -3.93. The number of carbonyl (C=O) groups excluding carboxylic acids is 3. The second kappa shape index (κ2) is 10.2. The summed E-state index contributed by atoms with van der Waals surface area (Å²) >= 11 is 0. The van der Waals surface area contributed by atoms with E-state index in [4.69, 9.17) is 4.74 Å². The molecule has 0 spiro atoms. The third kappa shape index (κ3) is 6.02. The Morgan fingerprint density at radius 3 is 2.35 bits per heavy atom. The lowest BCUT2D eigenvalue weighted by atomic mass is 10.0. The number of carbonyl (C=O) groups is 3. The summed E-state index contributed by atoms with van der Waals surface area (Å²) in [6.07, 6.45) is -1.02. The van der Waals surface area contributed by atoms with Gasteiger partial charge in [-0.2, -0.15) is 0 Å². The van der Waals surface area contributed by atoms with Crippen molar-refractivity contribution < 1.29 is 19.1 Å². The maximum absolute atomic E-state index is 12.6. The van der Waals surface area contributed by atoms with Crippen LogP contribution in [0.15, 0.2) is 78.9 Å². The predicted molar refractivity (Wildman–Crippen MR) is 120 cm³/mol. The highest BCUT2D eigenvalue weighted by Crippen LogP contribution is 2.27. The summed E-state index contributed by atoms with van der Waals surface area (Å²) in [5.41, 5.74) is 3.84. The first-order valence-corrected chi connectivity index (χ1v) is 9.93. The van der Waals surface area contributed by atoms with Crippen molar-refractivity contribution in [2.75, 3.05) is 11.9 Å². The summed E-state index contributed by atoms with van der Waals surface area (Å²) in [6, 6.07) is 24.1. The van der Waals surface area contributed by atoms with Gasteiger partial charge in [-0.1, -0.05) is 66.2 Å². The van der Waals surface area contributed by atoms with Crippen molar-refractivity contribution in [3.05, 3.63) is 90.0 Å². The molecular formula is C25H24N2O4. The number of nitrogens with one attached hydrogen (secondary N) is 2. The molecule has 0 fully saturated rings. The van der Waals surface area contributed by atoms with Crippen LogP contribution in [0.2, 0.25) is 0 Å². The molecule has 31 heavy (non-hydrogen) atoms. The molecule has 6 nitrogen and oxygen atoms in total. The van der Waals surface area contributed by atoms with Crippen molar-refractivity contribution in [2.24, 2.45) is 0 Å². The topological polar surface area (TPSA) is 84.5 Å². The van der Waals surface area contributed by atoms with E-state index >= 15 is 0 Å². The minimum Gasteiger partial charge on any atom is -0.451 e. The van der Waals surface area contributed by atoms with Crippen LogP contribution in [0.25, 0.3) is 11.1 Å². The molecule has 3 rings (SSSR count). The zero-order valence-electron chi connectivity index (χ0n) is 17.4. The monoisotopic (exact) mass is 416 g/mol. The molecule has 0 radical (unpaired) electrons. The molecule has 6 heteroatoms. The Bertz CT molecular complexity index is 1080. The summed E-state index contributed by atoms with van der Waals surface area (Å²) in [7, 11) is 0. The summed E-state index contributed by atoms with van der Waals surface area (Å²) in [6.45, 7) is 3.03. The first-order chi connectivity index (χ1) is 14.9. The fraction of sp³-hybridized carbons (Fsp3) is 0.160. The highest BCUT2D eigenvalue weighted by atomic mass is 16.5. The molecular weight excluding hydrogens is 392 g/mol. The van der Waals surface area contributed by atoms with Crippen LogP contribution >= 0.6 is 0 Å². The third-order valence-electron chi connectivity index (χ3n) is 4.62. The number of hydrogen-bond acceptors (Lipinski definition) is 4. The van der Waals surface area contributed by atoms with Crippen LogP contribution in [-0.2, 0) is 14.3 Å². The van der Waals surface area contributed by atoms with Crippen molar-refractivity contribution >= 4 is 23.5 Å². The van der Waals surface area contributed by atoms with Gasteiger partial charge in [0.05, 0.1) is 0 Å². The van der Waals surface area contributed by atoms with E-state index in [0.29, 0.717) is 11.3 Å². The molecule has 0 aliphatic heterocycles. The van der Waals surface area contributed by atoms with Crippen LogP contribution < -0.4 is 10.6 Å². The van der Waals surface area contributed by atoms with E-state index in [2.05, 4.69) is 10.6 Å². The van der Waals surface area contributed by atoms with Gasteiger partial charge < -0.3 is 15.4 Å². The van der Waals surface area contributed by atoms with Gasteiger partial charge in [-0.05, 0) is 37.6 Å². The van der Waals surface area contributed by atoms with Crippen LogP contribution in [0.3, 0.4) is 0 Å². The van der Waals surface area contributed by atoms with E-state index in [1.165, 1.54) is 6.92 Å². The SMILES string of the molecule is Cc1cccc(C(=O)NCC(=O)O[C@@H](C)C(=O)Nc2ccccc2-c2ccccc2)c1. The molecule has 0 aliphatic rings. The lowest BCUT2D eigenvalue weighted by molar-refractivity contribution is -0.152. The zero-order valence-corrected chi connectivity index (χ0v) is 17.4. The lowest BCUT2D eigenvalue weighted by Crippen LogP contribution is -2.35. The lowest BCUT2D eigenvalue weighted by Gasteiger charge is -2.16. The molecule has 3 aromatic carbocycles. The quantitative estimate of drug-likeness (QED) is 0.571. The Morgan fingerprint density at radius 2 is 1.61 bits per heavy atom. The summed E-state index contributed by atoms with van der Waals surface area (Å²) in [5, 5.41) is 5.31. The minimum absolute atomic E-state index is 0.328. The van der Waals surface area contributed by atoms with Crippen LogP contribution in [0.4, 0.5) is 5.69 Å². The van der Waals surface area contributed by atoms with Gasteiger partial charge in [0.25, 0.3) is 11.8 Å². The molecule has 0 aromatic heterocycles. The first kappa shape index (κ1) is 21.8. The zero-order chi connectivity index (χ0) is 22.2. The minimum atomic E-state index is -1.02. The molecule has 3 aromatic rings. The maximum Gasteiger partial charge on any atom is 0.326 e. The molecule has 0 saturated carbocycles. The van der Waals surface area contributed by atoms with Gasteiger partial charge in [0, 0.05) is 16.8 Å². The fourth-order valence-corrected chi connectivity index (χ4v) is 3.03. The third-order valence-corrected chi connectivity index (χ3v) is 4.62. The largest absolute Gasteiger partial charge is 0.451 e. The summed E-state index contributed by atoms with van der Waals surface area (Å²) in [5.74, 6) is -1.53. The van der Waals surface area contributed by atoms with Crippen molar-refractivity contribution in [1.29, 1.82) is 0 Å². The highest BCUT2D eigenvalue weighted by Gasteiger charge is 2.19. The predicted octanol–water partition coefficient (Wildman–Crippen LogP) is 3.96. The average Bonchev–Trinajstić information content (AvgIpc) is 2.78. The second-order valence-electron chi connectivity index (χ2n) is 7.09. The van der Waals surface area contributed by atoms with Gasteiger partial charge in [0.1, 0.15) is 6.54 Å². The maximum atomic E-state index is 12.6. The van der Waals surface area contributed by atoms with E-state index in [9.17, 15) is 14.4 Å². The van der Waals surface area contributed by atoms with E-state index in [-0.39, 0.29) is 12.5 Å². The number of para-hydroxylation sites is 1. The molecule has 0 saturated heterocycles. The summed E-state index contributed by atoms with van der Waals surface area (Å²) in [4.78, 5) is 36.8. The number of anilines is 1. The average molecular weight is 416 g/mol. The van der Waals surface area contributed by atoms with Gasteiger partial charge in [-0.25, -0.2) is 0 Å². The van der Waals surface area contributed by atoms with Crippen molar-refractivity contribution in [3.63, 3.8) is 0 Å². The Kier molecular flexibility index (Phi) is 7.17. The van der Waals surface area contributed by atoms with Gasteiger partial charge in [-0.15, -0.1) is 0 Å². The molecule has 0 unspecified atom stereocenters. The highest BCUT2D eigenvalue weighted by molar-refractivity contribution is 5.99. The fourth-order valence-electron chi connectivity index (χ4n) is 3.03. The second-order valence-corrected chi connectivity index (χ2v) is 7.09. The van der Waals surface area contributed by atoms with Crippen LogP contribution in [0.5, 0.6) is 0 Å². The Morgan fingerprint density at radius 1 is 0.903 bits per heavy atom. The molecule has 158 valence electrons. The van der Waals surface area contributed by atoms with Gasteiger partial charge in [-0.3, -0.25) is 14.4 Å². The number of esters is 1. The van der Waals surface area contributed by atoms with E-state index in [1.807, 2.05) is 61.5 Å². The molecule has 0 heterocycles. The van der Waals surface area contributed by atoms with E-state index in [0.717, 1.165) is 16.7 Å². The number of ether oxygens (including phenoxy) is 1. The standard InChI is InChI=1S/C25H24N2O4/c1-17-9-8-12-20(15-17)25(30)26-16-23(28)31-18(2)24(29)27-22-14-7-6-13-21(22)19-10-4-3-5-11-19/h3-15,18H,16H2,1-2H3,(H,26,30)(H,27,29)/t18-/m0/s1. The smallest absolute Gasteiger partial charge is 0.326 e. The molecule has 1 atom stereocenters. The first-order valence-electron chi connectivity index (χ1n) is 9.93. The normalized spacial score (nSPS) is 11.3.